The first-order valence-corrected chi connectivity index (χ1v) is 8.93. The van der Waals surface area contributed by atoms with Crippen molar-refractivity contribution < 1.29 is 9.53 Å². The van der Waals surface area contributed by atoms with Gasteiger partial charge in [0.05, 0.1) is 29.6 Å². The highest BCUT2D eigenvalue weighted by molar-refractivity contribution is 7.22. The number of carbonyl (C=O) groups is 1. The van der Waals surface area contributed by atoms with Crippen LogP contribution in [0.2, 0.25) is 0 Å². The molecule has 0 aliphatic carbocycles. The Morgan fingerprint density at radius 2 is 2.19 bits per heavy atom. The molecule has 0 bridgehead atoms. The van der Waals surface area contributed by atoms with Crippen molar-refractivity contribution >= 4 is 45.0 Å². The summed E-state index contributed by atoms with van der Waals surface area (Å²) in [6.45, 7) is 1.92. The highest BCUT2D eigenvalue weighted by Crippen LogP contribution is 2.29. The molecule has 0 saturated carbocycles. The van der Waals surface area contributed by atoms with E-state index in [9.17, 15) is 4.79 Å². The maximum absolute atomic E-state index is 12.4. The Balaban J connectivity index is 0.00000196. The van der Waals surface area contributed by atoms with Crippen molar-refractivity contribution in [3.05, 3.63) is 30.1 Å². The zero-order chi connectivity index (χ0) is 17.2. The Labute approximate surface area is 160 Å². The molecule has 1 aromatic carbocycles. The number of methoxy groups -OCH3 is 1. The fraction of sp³-hybridized carbons (Fsp3) is 0.375. The molecule has 1 aliphatic rings. The summed E-state index contributed by atoms with van der Waals surface area (Å²) >= 11 is 1.40. The Morgan fingerprint density at radius 3 is 2.96 bits per heavy atom. The first kappa shape index (κ1) is 18.6. The van der Waals surface area contributed by atoms with Gasteiger partial charge < -0.3 is 10.1 Å². The van der Waals surface area contributed by atoms with Gasteiger partial charge in [-0.25, -0.2) is 9.67 Å². The normalized spacial score (nSPS) is 14.8. The molecule has 1 saturated heterocycles. The Bertz CT molecular complexity index is 905. The minimum Gasteiger partial charge on any atom is -0.497 e. The van der Waals surface area contributed by atoms with Crippen LogP contribution >= 0.6 is 23.7 Å². The smallest absolute Gasteiger partial charge is 0.279 e. The predicted molar refractivity (Wildman–Crippen MR) is 103 cm³/mol. The number of piperidine rings is 1. The number of hydrogen-bond acceptors (Lipinski definition) is 7. The van der Waals surface area contributed by atoms with Crippen LogP contribution in [-0.4, -0.2) is 46.1 Å². The standard InChI is InChI=1S/C16H18N6O2S.ClH/c1-24-11-2-3-12-14(8-11)25-16(18-12)19-15(23)13-9-22(21-20-13)10-4-6-17-7-5-10;/h2-3,8-10,17H,4-7H2,1H3,(H,18,19,23);1H. The minimum atomic E-state index is -0.300. The molecule has 138 valence electrons. The number of anilines is 1. The maximum Gasteiger partial charge on any atom is 0.279 e. The number of halogens is 1. The second-order valence-corrected chi connectivity index (χ2v) is 6.90. The third kappa shape index (κ3) is 3.79. The number of hydrogen-bond donors (Lipinski definition) is 2. The summed E-state index contributed by atoms with van der Waals surface area (Å²) in [6.07, 6.45) is 3.69. The molecule has 0 unspecified atom stereocenters. The van der Waals surface area contributed by atoms with Crippen LogP contribution in [0.15, 0.2) is 24.4 Å². The number of rotatable bonds is 4. The van der Waals surface area contributed by atoms with Crippen LogP contribution in [0.3, 0.4) is 0 Å². The van der Waals surface area contributed by atoms with Crippen molar-refractivity contribution in [3.63, 3.8) is 0 Å². The fourth-order valence-corrected chi connectivity index (χ4v) is 3.77. The van der Waals surface area contributed by atoms with E-state index in [2.05, 4.69) is 25.9 Å². The van der Waals surface area contributed by atoms with Gasteiger partial charge in [0.25, 0.3) is 5.91 Å². The van der Waals surface area contributed by atoms with E-state index in [1.807, 2.05) is 18.2 Å². The lowest BCUT2D eigenvalue weighted by molar-refractivity contribution is 0.102. The van der Waals surface area contributed by atoms with Crippen molar-refractivity contribution in [1.29, 1.82) is 0 Å². The van der Waals surface area contributed by atoms with E-state index in [1.165, 1.54) is 11.3 Å². The van der Waals surface area contributed by atoms with Gasteiger partial charge in [-0.15, -0.1) is 17.5 Å². The van der Waals surface area contributed by atoms with Crippen molar-refractivity contribution in [2.24, 2.45) is 0 Å². The number of aromatic nitrogens is 4. The molecule has 0 spiro atoms. The van der Waals surface area contributed by atoms with Gasteiger partial charge in [-0.2, -0.15) is 0 Å². The van der Waals surface area contributed by atoms with Gasteiger partial charge in [-0.3, -0.25) is 10.1 Å². The highest BCUT2D eigenvalue weighted by atomic mass is 35.5. The lowest BCUT2D eigenvalue weighted by Crippen LogP contribution is -2.29. The maximum atomic E-state index is 12.4. The number of nitrogens with one attached hydrogen (secondary N) is 2. The van der Waals surface area contributed by atoms with Crippen LogP contribution in [0.1, 0.15) is 29.4 Å². The molecule has 3 heterocycles. The summed E-state index contributed by atoms with van der Waals surface area (Å²) in [5.41, 5.74) is 1.12. The number of nitrogens with zero attached hydrogens (tertiary/aromatic N) is 4. The van der Waals surface area contributed by atoms with E-state index < -0.39 is 0 Å². The molecule has 2 N–H and O–H groups in total. The molecule has 10 heteroatoms. The topological polar surface area (TPSA) is 94.0 Å². The molecule has 1 amide bonds. The quantitative estimate of drug-likeness (QED) is 0.706. The van der Waals surface area contributed by atoms with E-state index in [1.54, 1.807) is 18.0 Å². The van der Waals surface area contributed by atoms with Crippen molar-refractivity contribution in [1.82, 2.24) is 25.3 Å². The minimum absolute atomic E-state index is 0. The van der Waals surface area contributed by atoms with E-state index in [4.69, 9.17) is 4.74 Å². The summed E-state index contributed by atoms with van der Waals surface area (Å²) in [6, 6.07) is 5.91. The molecule has 1 fully saturated rings. The average Bonchev–Trinajstić information content (AvgIpc) is 3.28. The number of benzene rings is 1. The van der Waals surface area contributed by atoms with E-state index in [0.717, 1.165) is 41.9 Å². The molecule has 3 aromatic rings. The predicted octanol–water partition coefficient (Wildman–Crippen LogP) is 2.50. The van der Waals surface area contributed by atoms with Crippen LogP contribution < -0.4 is 15.4 Å². The molecular weight excluding hydrogens is 376 g/mol. The van der Waals surface area contributed by atoms with E-state index >= 15 is 0 Å². The van der Waals surface area contributed by atoms with Crippen LogP contribution in [-0.2, 0) is 0 Å². The molecule has 26 heavy (non-hydrogen) atoms. The number of ether oxygens (including phenoxy) is 1. The van der Waals surface area contributed by atoms with Gasteiger partial charge in [0.2, 0.25) is 0 Å². The Morgan fingerprint density at radius 1 is 1.38 bits per heavy atom. The number of thiazole rings is 1. The van der Waals surface area contributed by atoms with Crippen LogP contribution in [0.4, 0.5) is 5.13 Å². The molecule has 0 radical (unpaired) electrons. The lowest BCUT2D eigenvalue weighted by Gasteiger charge is -2.21. The van der Waals surface area contributed by atoms with E-state index in [-0.39, 0.29) is 18.3 Å². The monoisotopic (exact) mass is 394 g/mol. The van der Waals surface area contributed by atoms with Crippen LogP contribution in [0, 0.1) is 0 Å². The van der Waals surface area contributed by atoms with Gasteiger partial charge >= 0.3 is 0 Å². The summed E-state index contributed by atoms with van der Waals surface area (Å²) in [5, 5.41) is 14.8. The fourth-order valence-electron chi connectivity index (χ4n) is 2.88. The van der Waals surface area contributed by atoms with Gasteiger partial charge in [-0.05, 0) is 44.1 Å². The SMILES string of the molecule is COc1ccc2nc(NC(=O)c3cn(C4CCNCC4)nn3)sc2c1.Cl. The third-order valence-corrected chi connectivity index (χ3v) is 5.18. The Kier molecular flexibility index (Phi) is 5.70. The second-order valence-electron chi connectivity index (χ2n) is 5.87. The van der Waals surface area contributed by atoms with Crippen molar-refractivity contribution in [3.8, 4) is 5.75 Å². The van der Waals surface area contributed by atoms with Gasteiger partial charge in [0.1, 0.15) is 5.75 Å². The lowest BCUT2D eigenvalue weighted by atomic mass is 10.1. The number of carbonyl (C=O) groups excluding carboxylic acids is 1. The molecule has 8 nitrogen and oxygen atoms in total. The number of amides is 1. The van der Waals surface area contributed by atoms with Crippen molar-refractivity contribution in [2.45, 2.75) is 18.9 Å². The molecule has 1 aliphatic heterocycles. The Hall–Kier alpha value is -2.23. The molecular formula is C16H19ClN6O2S. The van der Waals surface area contributed by atoms with Crippen LogP contribution in [0.5, 0.6) is 5.75 Å². The van der Waals surface area contributed by atoms with Gasteiger partial charge in [-0.1, -0.05) is 16.6 Å². The average molecular weight is 395 g/mol. The summed E-state index contributed by atoms with van der Waals surface area (Å²) in [7, 11) is 1.62. The zero-order valence-corrected chi connectivity index (χ0v) is 15.8. The van der Waals surface area contributed by atoms with Gasteiger partial charge in [0, 0.05) is 0 Å². The first-order valence-electron chi connectivity index (χ1n) is 8.11. The first-order chi connectivity index (χ1) is 12.2. The summed E-state index contributed by atoms with van der Waals surface area (Å²) in [5.74, 6) is 0.463. The largest absolute Gasteiger partial charge is 0.497 e. The second kappa shape index (κ2) is 7.98. The van der Waals surface area contributed by atoms with Gasteiger partial charge in [0.15, 0.2) is 10.8 Å². The van der Waals surface area contributed by atoms with E-state index in [0.29, 0.717) is 16.9 Å². The molecule has 2 aromatic heterocycles. The van der Waals surface area contributed by atoms with Crippen molar-refractivity contribution in [2.75, 3.05) is 25.5 Å². The zero-order valence-electron chi connectivity index (χ0n) is 14.1. The molecule has 4 rings (SSSR count). The summed E-state index contributed by atoms with van der Waals surface area (Å²) < 4.78 is 7.95. The molecule has 0 atom stereocenters. The summed E-state index contributed by atoms with van der Waals surface area (Å²) in [4.78, 5) is 16.8. The van der Waals surface area contributed by atoms with Crippen LogP contribution in [0.25, 0.3) is 10.2 Å². The third-order valence-electron chi connectivity index (χ3n) is 4.24. The number of fused-ring (bicyclic) bond motifs is 1. The highest BCUT2D eigenvalue weighted by Gasteiger charge is 2.19.